The van der Waals surface area contributed by atoms with Crippen molar-refractivity contribution in [3.8, 4) is 5.75 Å². The Balaban J connectivity index is 3.37. The summed E-state index contributed by atoms with van der Waals surface area (Å²) in [7, 11) is 1.82. The molecule has 0 aromatic carbocycles. The number of rotatable bonds is 2. The SMILES string of the molecule is O=C(O)c1cc(=O)c(OP)cn1O. The monoisotopic (exact) mass is 203 g/mol. The van der Waals surface area contributed by atoms with Crippen LogP contribution >= 0.6 is 9.47 Å². The van der Waals surface area contributed by atoms with Crippen molar-refractivity contribution < 1.29 is 19.6 Å². The van der Waals surface area contributed by atoms with E-state index in [1.807, 2.05) is 9.47 Å². The molecule has 0 amide bonds. The molecule has 1 unspecified atom stereocenters. The smallest absolute Gasteiger partial charge is 0.356 e. The van der Waals surface area contributed by atoms with Crippen molar-refractivity contribution in [2.75, 3.05) is 0 Å². The first kappa shape index (κ1) is 9.54. The summed E-state index contributed by atoms with van der Waals surface area (Å²) in [6, 6.07) is 0.766. The highest BCUT2D eigenvalue weighted by molar-refractivity contribution is 7.10. The predicted molar refractivity (Wildman–Crippen MR) is 45.2 cm³/mol. The third-order valence-electron chi connectivity index (χ3n) is 1.34. The molecular formula is C6H6NO5P. The number of carbonyl (C=O) groups is 1. The van der Waals surface area contributed by atoms with Crippen molar-refractivity contribution in [2.45, 2.75) is 0 Å². The number of carboxylic acid groups (broad SMARTS) is 1. The van der Waals surface area contributed by atoms with Gasteiger partial charge in [-0.2, -0.15) is 4.73 Å². The Labute approximate surface area is 74.6 Å². The van der Waals surface area contributed by atoms with E-state index in [-0.39, 0.29) is 5.75 Å². The lowest BCUT2D eigenvalue weighted by atomic mass is 10.3. The number of aromatic carboxylic acids is 1. The second-order valence-electron chi connectivity index (χ2n) is 2.15. The molecule has 2 N–H and O–H groups in total. The molecule has 1 rings (SSSR count). The molecule has 0 bridgehead atoms. The van der Waals surface area contributed by atoms with E-state index in [1.165, 1.54) is 0 Å². The van der Waals surface area contributed by atoms with E-state index in [2.05, 4.69) is 4.52 Å². The Kier molecular flexibility index (Phi) is 2.53. The van der Waals surface area contributed by atoms with E-state index >= 15 is 0 Å². The predicted octanol–water partition coefficient (Wildman–Crippen LogP) is -0.0473. The average Bonchev–Trinajstić information content (AvgIpc) is 2.07. The molecule has 0 aliphatic heterocycles. The minimum absolute atomic E-state index is 0.155. The normalized spacial score (nSPS) is 9.62. The molecule has 7 heteroatoms. The van der Waals surface area contributed by atoms with Crippen molar-refractivity contribution in [1.29, 1.82) is 0 Å². The maximum Gasteiger partial charge on any atom is 0.356 e. The van der Waals surface area contributed by atoms with Crippen LogP contribution in [0.15, 0.2) is 17.1 Å². The van der Waals surface area contributed by atoms with Crippen molar-refractivity contribution in [3.05, 3.63) is 28.2 Å². The quantitative estimate of drug-likeness (QED) is 0.519. The topological polar surface area (TPSA) is 88.8 Å². The minimum atomic E-state index is -1.39. The maximum absolute atomic E-state index is 11.0. The molecule has 0 saturated heterocycles. The zero-order valence-electron chi connectivity index (χ0n) is 6.30. The van der Waals surface area contributed by atoms with E-state index in [0.29, 0.717) is 4.73 Å². The van der Waals surface area contributed by atoms with Crippen molar-refractivity contribution in [1.82, 2.24) is 4.73 Å². The first-order valence-electron chi connectivity index (χ1n) is 3.12. The first-order chi connectivity index (χ1) is 6.06. The van der Waals surface area contributed by atoms with Crippen molar-refractivity contribution in [3.63, 3.8) is 0 Å². The Morgan fingerprint density at radius 3 is 2.69 bits per heavy atom. The van der Waals surface area contributed by atoms with Gasteiger partial charge in [-0.1, -0.05) is 0 Å². The molecular weight excluding hydrogens is 197 g/mol. The molecule has 1 heterocycles. The van der Waals surface area contributed by atoms with Crippen molar-refractivity contribution >= 4 is 15.4 Å². The van der Waals surface area contributed by atoms with Crippen LogP contribution in [-0.2, 0) is 0 Å². The second-order valence-corrected chi connectivity index (χ2v) is 2.39. The highest BCUT2D eigenvalue weighted by atomic mass is 31.0. The summed E-state index contributed by atoms with van der Waals surface area (Å²) in [5, 5.41) is 17.5. The average molecular weight is 203 g/mol. The van der Waals surface area contributed by atoms with Crippen LogP contribution in [0, 0.1) is 0 Å². The van der Waals surface area contributed by atoms with Crippen LogP contribution in [-0.4, -0.2) is 21.0 Å². The summed E-state index contributed by atoms with van der Waals surface area (Å²) < 4.78 is 4.80. The summed E-state index contributed by atoms with van der Waals surface area (Å²) in [5.41, 5.74) is -1.13. The summed E-state index contributed by atoms with van der Waals surface area (Å²) in [4.78, 5) is 21.4. The van der Waals surface area contributed by atoms with Gasteiger partial charge in [0, 0.05) is 6.07 Å². The number of aromatic nitrogens is 1. The van der Waals surface area contributed by atoms with Crippen LogP contribution in [0.2, 0.25) is 0 Å². The van der Waals surface area contributed by atoms with E-state index in [4.69, 9.17) is 10.3 Å². The lowest BCUT2D eigenvalue weighted by molar-refractivity contribution is 0.0639. The van der Waals surface area contributed by atoms with E-state index in [0.717, 1.165) is 12.3 Å². The molecule has 0 spiro atoms. The highest BCUT2D eigenvalue weighted by Crippen LogP contribution is 2.07. The zero-order chi connectivity index (χ0) is 10.0. The van der Waals surface area contributed by atoms with Gasteiger partial charge in [0.2, 0.25) is 5.43 Å². The Hall–Kier alpha value is -1.55. The van der Waals surface area contributed by atoms with Crippen LogP contribution in [0.1, 0.15) is 10.5 Å². The number of nitrogens with zero attached hydrogens (tertiary/aromatic N) is 1. The maximum atomic E-state index is 11.0. The molecule has 0 radical (unpaired) electrons. The van der Waals surface area contributed by atoms with Crippen molar-refractivity contribution in [2.24, 2.45) is 0 Å². The fourth-order valence-corrected chi connectivity index (χ4v) is 0.931. The van der Waals surface area contributed by atoms with Crippen LogP contribution in [0.5, 0.6) is 5.75 Å². The third-order valence-corrected chi connectivity index (χ3v) is 1.60. The summed E-state index contributed by atoms with van der Waals surface area (Å²) in [6.07, 6.45) is 0.874. The number of pyridine rings is 1. The molecule has 70 valence electrons. The molecule has 0 aliphatic carbocycles. The minimum Gasteiger partial charge on any atom is -0.476 e. The molecule has 0 saturated carbocycles. The van der Waals surface area contributed by atoms with Gasteiger partial charge in [0.05, 0.1) is 15.7 Å². The molecule has 0 fully saturated rings. The fraction of sp³-hybridized carbons (Fsp3) is 0. The first-order valence-corrected chi connectivity index (χ1v) is 3.59. The summed E-state index contributed by atoms with van der Waals surface area (Å²) >= 11 is 0. The molecule has 1 aromatic heterocycles. The summed E-state index contributed by atoms with van der Waals surface area (Å²) in [5.74, 6) is -1.55. The Morgan fingerprint density at radius 1 is 1.62 bits per heavy atom. The van der Waals surface area contributed by atoms with Gasteiger partial charge in [-0.15, -0.1) is 0 Å². The molecule has 13 heavy (non-hydrogen) atoms. The van der Waals surface area contributed by atoms with Crippen LogP contribution in [0.3, 0.4) is 0 Å². The van der Waals surface area contributed by atoms with E-state index in [9.17, 15) is 9.59 Å². The number of carboxylic acids is 1. The third kappa shape index (κ3) is 1.78. The number of hydrogen-bond acceptors (Lipinski definition) is 4. The molecule has 0 aliphatic rings. The van der Waals surface area contributed by atoms with Gasteiger partial charge in [-0.3, -0.25) is 4.79 Å². The molecule has 1 aromatic rings. The summed E-state index contributed by atoms with van der Waals surface area (Å²) in [6.45, 7) is 0. The van der Waals surface area contributed by atoms with Gasteiger partial charge >= 0.3 is 5.97 Å². The fourth-order valence-electron chi connectivity index (χ4n) is 0.754. The van der Waals surface area contributed by atoms with Crippen LogP contribution in [0.4, 0.5) is 0 Å². The number of hydrogen-bond donors (Lipinski definition) is 2. The van der Waals surface area contributed by atoms with Gasteiger partial charge < -0.3 is 14.8 Å². The van der Waals surface area contributed by atoms with E-state index < -0.39 is 17.1 Å². The van der Waals surface area contributed by atoms with Gasteiger partial charge in [0.1, 0.15) is 0 Å². The Morgan fingerprint density at radius 2 is 2.23 bits per heavy atom. The largest absolute Gasteiger partial charge is 0.476 e. The molecule has 6 nitrogen and oxygen atoms in total. The van der Waals surface area contributed by atoms with Gasteiger partial charge in [-0.05, 0) is 0 Å². The van der Waals surface area contributed by atoms with Gasteiger partial charge in [0.15, 0.2) is 11.4 Å². The Bertz CT molecular complexity index is 399. The lowest BCUT2D eigenvalue weighted by Gasteiger charge is -2.03. The van der Waals surface area contributed by atoms with Gasteiger partial charge in [-0.25, -0.2) is 4.79 Å². The standard InChI is InChI=1S/C6H6NO5P/c8-4-1-3(6(9)10)7(11)2-5(4)12-13/h1-2,11H,13H2,(H,9,10). The second kappa shape index (κ2) is 3.45. The zero-order valence-corrected chi connectivity index (χ0v) is 7.45. The highest BCUT2D eigenvalue weighted by Gasteiger charge is 2.11. The van der Waals surface area contributed by atoms with Gasteiger partial charge in [0.25, 0.3) is 0 Å². The van der Waals surface area contributed by atoms with Crippen LogP contribution in [0.25, 0.3) is 0 Å². The van der Waals surface area contributed by atoms with E-state index in [1.54, 1.807) is 0 Å². The molecule has 1 atom stereocenters. The van der Waals surface area contributed by atoms with Crippen LogP contribution < -0.4 is 9.95 Å². The lowest BCUT2D eigenvalue weighted by Crippen LogP contribution is -2.15.